The van der Waals surface area contributed by atoms with Crippen molar-refractivity contribution in [2.45, 2.75) is 50.2 Å². The highest BCUT2D eigenvalue weighted by atomic mass is 35.5. The van der Waals surface area contributed by atoms with Crippen LogP contribution in [0.4, 0.5) is 0 Å². The third kappa shape index (κ3) is 5.19. The number of aliphatic hydroxyl groups is 3. The molecule has 0 amide bonds. The van der Waals surface area contributed by atoms with Crippen molar-refractivity contribution >= 4 is 46.4 Å². The summed E-state index contributed by atoms with van der Waals surface area (Å²) in [4.78, 5) is 0. The number of methoxy groups -OCH3 is 1. The van der Waals surface area contributed by atoms with Crippen LogP contribution in [0, 0.1) is 0 Å². The third-order valence-corrected chi connectivity index (χ3v) is 6.37. The molecule has 1 aliphatic heterocycles. The van der Waals surface area contributed by atoms with Gasteiger partial charge in [-0.05, 0) is 42.3 Å². The summed E-state index contributed by atoms with van der Waals surface area (Å²) >= 11 is 24.1. The molecule has 0 aliphatic carbocycles. The molecule has 0 bridgehead atoms. The van der Waals surface area contributed by atoms with Crippen molar-refractivity contribution in [3.8, 4) is 0 Å². The van der Waals surface area contributed by atoms with Crippen LogP contribution in [0.15, 0.2) is 36.4 Å². The van der Waals surface area contributed by atoms with E-state index in [4.69, 9.17) is 65.4 Å². The lowest BCUT2D eigenvalue weighted by molar-refractivity contribution is -0.328. The zero-order valence-corrected chi connectivity index (χ0v) is 20.1. The van der Waals surface area contributed by atoms with Crippen LogP contribution in [0.3, 0.4) is 0 Å². The summed E-state index contributed by atoms with van der Waals surface area (Å²) in [6, 6.07) is 9.50. The average molecular weight is 528 g/mol. The Balaban J connectivity index is 1.79. The largest absolute Gasteiger partial charge is 0.379 e. The van der Waals surface area contributed by atoms with E-state index in [1.807, 2.05) is 0 Å². The van der Waals surface area contributed by atoms with Gasteiger partial charge in [0, 0.05) is 27.2 Å². The van der Waals surface area contributed by atoms with E-state index in [-0.39, 0.29) is 13.2 Å². The van der Waals surface area contributed by atoms with E-state index >= 15 is 0 Å². The van der Waals surface area contributed by atoms with Gasteiger partial charge in [-0.3, -0.25) is 0 Å². The van der Waals surface area contributed by atoms with E-state index in [0.717, 1.165) is 0 Å². The van der Waals surface area contributed by atoms with Gasteiger partial charge < -0.3 is 34.3 Å². The predicted molar refractivity (Wildman–Crippen MR) is 120 cm³/mol. The summed E-state index contributed by atoms with van der Waals surface area (Å²) in [7, 11) is 1.28. The fraction of sp³-hybridized carbons (Fsp3) is 0.429. The van der Waals surface area contributed by atoms with E-state index < -0.39 is 30.1 Å². The van der Waals surface area contributed by atoms with Crippen LogP contribution in [0.2, 0.25) is 20.1 Å². The Morgan fingerprint density at radius 2 is 1.50 bits per heavy atom. The fourth-order valence-corrected chi connectivity index (χ4v) is 4.24. The Morgan fingerprint density at radius 3 is 2.00 bits per heavy atom. The van der Waals surface area contributed by atoms with E-state index in [1.54, 1.807) is 24.3 Å². The third-order valence-electron chi connectivity index (χ3n) is 5.20. The molecule has 1 saturated heterocycles. The van der Waals surface area contributed by atoms with Crippen LogP contribution in [0.25, 0.3) is 0 Å². The average Bonchev–Trinajstić information content (AvgIpc) is 2.92. The molecule has 1 fully saturated rings. The first-order chi connectivity index (χ1) is 15.0. The minimum absolute atomic E-state index is 0.129. The summed E-state index contributed by atoms with van der Waals surface area (Å²) < 4.78 is 21.8. The van der Waals surface area contributed by atoms with Crippen LogP contribution in [0.5, 0.6) is 0 Å². The number of rotatable bonds is 8. The molecule has 0 spiro atoms. The van der Waals surface area contributed by atoms with E-state index in [9.17, 15) is 15.3 Å². The normalized spacial score (nSPS) is 28.8. The minimum atomic E-state index is -2.43. The number of ether oxygens (including phenoxy) is 4. The van der Waals surface area contributed by atoms with E-state index in [0.29, 0.717) is 31.2 Å². The first kappa shape index (κ1) is 25.9. The topological polar surface area (TPSA) is 97.6 Å². The molecule has 3 rings (SSSR count). The maximum absolute atomic E-state index is 11.3. The van der Waals surface area contributed by atoms with Crippen LogP contribution in [0.1, 0.15) is 18.1 Å². The number of hydrogen-bond acceptors (Lipinski definition) is 7. The van der Waals surface area contributed by atoms with Crippen molar-refractivity contribution in [1.29, 1.82) is 0 Å². The Labute approximate surface area is 205 Å². The van der Waals surface area contributed by atoms with Crippen LogP contribution < -0.4 is 0 Å². The van der Waals surface area contributed by atoms with Crippen LogP contribution in [-0.2, 0) is 32.2 Å². The molecule has 32 heavy (non-hydrogen) atoms. The van der Waals surface area contributed by atoms with Crippen molar-refractivity contribution in [3.63, 3.8) is 0 Å². The van der Waals surface area contributed by atoms with Gasteiger partial charge >= 0.3 is 0 Å². The standard InChI is InChI=1S/C21H22Cl4O7/c1-20(27)19(29-2)32-17(18(26)30-9-11-3-5-13(22)7-15(11)24)21(20,28)31-10-12-4-6-14(23)8-16(12)25/h3-8,17-19,26-28H,9-10H2,1-2H3/t17-,18?,19+,20+,21+/m1/s1. The lowest BCUT2D eigenvalue weighted by Crippen LogP contribution is -2.61. The van der Waals surface area contributed by atoms with Gasteiger partial charge in [-0.15, -0.1) is 0 Å². The van der Waals surface area contributed by atoms with Gasteiger partial charge in [-0.25, -0.2) is 0 Å². The van der Waals surface area contributed by atoms with E-state index in [2.05, 4.69) is 0 Å². The Kier molecular flexibility index (Phi) is 8.34. The molecule has 2 aromatic carbocycles. The first-order valence-corrected chi connectivity index (χ1v) is 10.9. The zero-order valence-electron chi connectivity index (χ0n) is 17.1. The maximum atomic E-state index is 11.3. The quantitative estimate of drug-likeness (QED) is 0.443. The van der Waals surface area contributed by atoms with Gasteiger partial charge in [-0.2, -0.15) is 0 Å². The second-order valence-corrected chi connectivity index (χ2v) is 9.12. The molecule has 2 aromatic rings. The summed E-state index contributed by atoms with van der Waals surface area (Å²) in [5, 5.41) is 34.4. The highest BCUT2D eigenvalue weighted by Crippen LogP contribution is 2.43. The van der Waals surface area contributed by atoms with Crippen molar-refractivity contribution in [3.05, 3.63) is 67.6 Å². The molecule has 0 radical (unpaired) electrons. The highest BCUT2D eigenvalue weighted by molar-refractivity contribution is 6.35. The second kappa shape index (κ2) is 10.3. The zero-order chi connectivity index (χ0) is 23.7. The molecular weight excluding hydrogens is 506 g/mol. The second-order valence-electron chi connectivity index (χ2n) is 7.43. The molecule has 11 heteroatoms. The highest BCUT2D eigenvalue weighted by Gasteiger charge is 2.67. The first-order valence-electron chi connectivity index (χ1n) is 9.44. The lowest BCUT2D eigenvalue weighted by atomic mass is 9.92. The molecule has 176 valence electrons. The summed E-state index contributed by atoms with van der Waals surface area (Å²) in [5.74, 6) is -2.43. The SMILES string of the molecule is CO[C@H]1O[C@H](C(O)OCc2ccc(Cl)cc2Cl)[C@](O)(OCc2ccc(Cl)cc2Cl)[C@@]1(C)O. The summed E-state index contributed by atoms with van der Waals surface area (Å²) in [5.41, 5.74) is -1.04. The van der Waals surface area contributed by atoms with Crippen molar-refractivity contribution < 1.29 is 34.3 Å². The van der Waals surface area contributed by atoms with Crippen molar-refractivity contribution in [1.82, 2.24) is 0 Å². The van der Waals surface area contributed by atoms with E-state index in [1.165, 1.54) is 26.2 Å². The Bertz CT molecular complexity index is 958. The molecule has 1 aliphatic rings. The monoisotopic (exact) mass is 526 g/mol. The van der Waals surface area contributed by atoms with Gasteiger partial charge in [0.15, 0.2) is 24.3 Å². The molecule has 1 unspecified atom stereocenters. The molecular formula is C21H22Cl4O7. The maximum Gasteiger partial charge on any atom is 0.232 e. The minimum Gasteiger partial charge on any atom is -0.379 e. The Morgan fingerprint density at radius 1 is 0.969 bits per heavy atom. The molecule has 0 aromatic heterocycles. The number of hydrogen-bond donors (Lipinski definition) is 3. The number of halogens is 4. The van der Waals surface area contributed by atoms with Gasteiger partial charge in [0.05, 0.1) is 13.2 Å². The summed E-state index contributed by atoms with van der Waals surface area (Å²) in [6.45, 7) is 0.901. The Hall–Kier alpha value is -0.680. The molecule has 0 saturated carbocycles. The summed E-state index contributed by atoms with van der Waals surface area (Å²) in [6.07, 6.45) is -4.59. The van der Waals surface area contributed by atoms with Crippen molar-refractivity contribution in [2.75, 3.05) is 7.11 Å². The number of benzene rings is 2. The van der Waals surface area contributed by atoms with Gasteiger partial charge in [-0.1, -0.05) is 58.5 Å². The molecule has 7 nitrogen and oxygen atoms in total. The van der Waals surface area contributed by atoms with Crippen molar-refractivity contribution in [2.24, 2.45) is 0 Å². The predicted octanol–water partition coefficient (Wildman–Crippen LogP) is 4.16. The van der Waals surface area contributed by atoms with Gasteiger partial charge in [0.2, 0.25) is 5.79 Å². The van der Waals surface area contributed by atoms with Crippen LogP contribution >= 0.6 is 46.4 Å². The molecule has 5 atom stereocenters. The van der Waals surface area contributed by atoms with Gasteiger partial charge in [0.1, 0.15) is 0 Å². The fourth-order valence-electron chi connectivity index (χ4n) is 3.32. The molecule has 1 heterocycles. The molecule has 3 N–H and O–H groups in total. The lowest BCUT2D eigenvalue weighted by Gasteiger charge is -2.38. The van der Waals surface area contributed by atoms with Crippen LogP contribution in [-0.4, -0.2) is 52.5 Å². The smallest absolute Gasteiger partial charge is 0.232 e. The number of aliphatic hydroxyl groups excluding tert-OH is 1. The van der Waals surface area contributed by atoms with Gasteiger partial charge in [0.25, 0.3) is 0 Å².